The third-order valence-electron chi connectivity index (χ3n) is 1.45. The molecule has 0 heterocycles. The first kappa shape index (κ1) is 9.41. The summed E-state index contributed by atoms with van der Waals surface area (Å²) in [4.78, 5) is 3.99. The minimum absolute atomic E-state index is 1.15. The monoisotopic (exact) mass is 139 g/mol. The van der Waals surface area contributed by atoms with Gasteiger partial charge in [0.25, 0.3) is 0 Å². The molecule has 0 atom stereocenters. The maximum Gasteiger partial charge on any atom is 0.0277 e. The van der Waals surface area contributed by atoms with Gasteiger partial charge in [-0.05, 0) is 25.8 Å². The third-order valence-corrected chi connectivity index (χ3v) is 1.45. The van der Waals surface area contributed by atoms with Crippen LogP contribution in [0, 0.1) is 0 Å². The van der Waals surface area contributed by atoms with Crippen LogP contribution in [0.4, 0.5) is 0 Å². The summed E-state index contributed by atoms with van der Waals surface area (Å²) in [6.45, 7) is 6.45. The smallest absolute Gasteiger partial charge is 0.0277 e. The molecule has 0 rings (SSSR count). The van der Waals surface area contributed by atoms with Gasteiger partial charge in [0.2, 0.25) is 0 Å². The Labute approximate surface area is 63.9 Å². The highest BCUT2D eigenvalue weighted by molar-refractivity contribution is 5.79. The van der Waals surface area contributed by atoms with Crippen molar-refractivity contribution in [3.8, 4) is 0 Å². The van der Waals surface area contributed by atoms with Crippen LogP contribution in [0.5, 0.6) is 0 Å². The van der Waals surface area contributed by atoms with E-state index < -0.39 is 0 Å². The number of hydrogen-bond donors (Lipinski definition) is 0. The van der Waals surface area contributed by atoms with Crippen molar-refractivity contribution in [3.63, 3.8) is 0 Å². The lowest BCUT2D eigenvalue weighted by Gasteiger charge is -2.00. The molecule has 0 saturated heterocycles. The maximum atomic E-state index is 3.99. The van der Waals surface area contributed by atoms with Crippen molar-refractivity contribution in [2.75, 3.05) is 7.05 Å². The third kappa shape index (κ3) is 3.44. The van der Waals surface area contributed by atoms with Crippen LogP contribution in [0.3, 0.4) is 0 Å². The molecular formula is C9H17N. The molecule has 0 fully saturated rings. The number of aliphatic imine (C=N–C) groups is 1. The lowest BCUT2D eigenvalue weighted by molar-refractivity contribution is 0.926. The Morgan fingerprint density at radius 2 is 2.00 bits per heavy atom. The number of rotatable bonds is 3. The van der Waals surface area contributed by atoms with Crippen molar-refractivity contribution in [2.45, 2.75) is 33.6 Å². The summed E-state index contributed by atoms with van der Waals surface area (Å²) in [5, 5.41) is 0. The van der Waals surface area contributed by atoms with Gasteiger partial charge in [-0.2, -0.15) is 0 Å². The van der Waals surface area contributed by atoms with Gasteiger partial charge in [-0.15, -0.1) is 0 Å². The van der Waals surface area contributed by atoms with Crippen molar-refractivity contribution < 1.29 is 0 Å². The minimum atomic E-state index is 1.15. The Morgan fingerprint density at radius 1 is 1.40 bits per heavy atom. The van der Waals surface area contributed by atoms with E-state index >= 15 is 0 Å². The predicted octanol–water partition coefficient (Wildman–Crippen LogP) is 2.82. The minimum Gasteiger partial charge on any atom is -0.296 e. The average Bonchev–Trinajstić information content (AvgIpc) is 1.87. The molecule has 0 N–H and O–H groups in total. The molecule has 0 amide bonds. The summed E-state index contributed by atoms with van der Waals surface area (Å²) >= 11 is 0. The van der Waals surface area contributed by atoms with E-state index in [0.29, 0.717) is 0 Å². The first-order chi connectivity index (χ1) is 4.72. The van der Waals surface area contributed by atoms with Gasteiger partial charge < -0.3 is 0 Å². The van der Waals surface area contributed by atoms with E-state index in [1.165, 1.54) is 17.6 Å². The Bertz CT molecular complexity index is 139. The van der Waals surface area contributed by atoms with Crippen LogP contribution in [-0.4, -0.2) is 13.3 Å². The largest absolute Gasteiger partial charge is 0.296 e. The van der Waals surface area contributed by atoms with Crippen molar-refractivity contribution in [2.24, 2.45) is 4.99 Å². The zero-order valence-electron chi connectivity index (χ0n) is 7.44. The van der Waals surface area contributed by atoms with Gasteiger partial charge in [-0.1, -0.05) is 18.9 Å². The molecule has 0 spiro atoms. The van der Waals surface area contributed by atoms with Crippen LogP contribution in [0.1, 0.15) is 33.6 Å². The second-order valence-electron chi connectivity index (χ2n) is 2.66. The molecule has 0 aliphatic rings. The summed E-state index contributed by atoms with van der Waals surface area (Å²) in [6, 6.07) is 0. The maximum absolute atomic E-state index is 3.99. The Morgan fingerprint density at radius 3 is 2.30 bits per heavy atom. The highest BCUT2D eigenvalue weighted by atomic mass is 14.6. The standard InChI is InChI=1S/C9H17N/c1-5-6-9(7-10-4)8(2)3/h7H,5-6H2,1-4H3. The molecule has 0 aliphatic carbocycles. The van der Waals surface area contributed by atoms with Gasteiger partial charge in [0.15, 0.2) is 0 Å². The summed E-state index contributed by atoms with van der Waals surface area (Å²) in [5.74, 6) is 0. The molecule has 0 aromatic rings. The second kappa shape index (κ2) is 5.21. The molecular weight excluding hydrogens is 122 g/mol. The van der Waals surface area contributed by atoms with E-state index in [0.717, 1.165) is 6.42 Å². The predicted molar refractivity (Wildman–Crippen MR) is 47.7 cm³/mol. The molecule has 0 radical (unpaired) electrons. The average molecular weight is 139 g/mol. The van der Waals surface area contributed by atoms with E-state index in [4.69, 9.17) is 0 Å². The zero-order chi connectivity index (χ0) is 7.98. The summed E-state index contributed by atoms with van der Waals surface area (Å²) in [7, 11) is 1.82. The van der Waals surface area contributed by atoms with Crippen LogP contribution in [0.25, 0.3) is 0 Å². The van der Waals surface area contributed by atoms with Crippen molar-refractivity contribution in [3.05, 3.63) is 11.1 Å². The van der Waals surface area contributed by atoms with Crippen LogP contribution in [0.15, 0.2) is 16.1 Å². The lowest BCUT2D eigenvalue weighted by atomic mass is 10.1. The highest BCUT2D eigenvalue weighted by Gasteiger charge is 1.92. The molecule has 1 heteroatoms. The van der Waals surface area contributed by atoms with Crippen LogP contribution in [0.2, 0.25) is 0 Å². The molecule has 0 aromatic carbocycles. The summed E-state index contributed by atoms with van der Waals surface area (Å²) in [5.41, 5.74) is 2.76. The van der Waals surface area contributed by atoms with Crippen LogP contribution >= 0.6 is 0 Å². The van der Waals surface area contributed by atoms with Crippen LogP contribution < -0.4 is 0 Å². The molecule has 0 aromatic heterocycles. The number of hydrogen-bond acceptors (Lipinski definition) is 1. The first-order valence-electron chi connectivity index (χ1n) is 3.80. The highest BCUT2D eigenvalue weighted by Crippen LogP contribution is 2.07. The van der Waals surface area contributed by atoms with Gasteiger partial charge in [-0.25, -0.2) is 0 Å². The Kier molecular flexibility index (Phi) is 4.91. The van der Waals surface area contributed by atoms with Crippen LogP contribution in [-0.2, 0) is 0 Å². The van der Waals surface area contributed by atoms with Gasteiger partial charge >= 0.3 is 0 Å². The van der Waals surface area contributed by atoms with Gasteiger partial charge in [0, 0.05) is 13.3 Å². The fourth-order valence-corrected chi connectivity index (χ4v) is 0.869. The first-order valence-corrected chi connectivity index (χ1v) is 3.80. The fraction of sp³-hybridized carbons (Fsp3) is 0.667. The number of nitrogens with zero attached hydrogens (tertiary/aromatic N) is 1. The molecule has 0 bridgehead atoms. The zero-order valence-corrected chi connectivity index (χ0v) is 7.44. The molecule has 0 aliphatic heterocycles. The fourth-order valence-electron chi connectivity index (χ4n) is 0.869. The number of allylic oxidation sites excluding steroid dienone is 2. The molecule has 0 saturated carbocycles. The molecule has 58 valence electrons. The molecule has 0 unspecified atom stereocenters. The Hall–Kier alpha value is -0.590. The quantitative estimate of drug-likeness (QED) is 0.533. The second-order valence-corrected chi connectivity index (χ2v) is 2.66. The van der Waals surface area contributed by atoms with Crippen molar-refractivity contribution in [1.82, 2.24) is 0 Å². The Balaban J connectivity index is 4.13. The van der Waals surface area contributed by atoms with Gasteiger partial charge in [0.1, 0.15) is 0 Å². The molecule has 10 heavy (non-hydrogen) atoms. The van der Waals surface area contributed by atoms with Crippen molar-refractivity contribution >= 4 is 6.21 Å². The van der Waals surface area contributed by atoms with Crippen molar-refractivity contribution in [1.29, 1.82) is 0 Å². The normalized spacial score (nSPS) is 10.4. The van der Waals surface area contributed by atoms with E-state index in [-0.39, 0.29) is 0 Å². The van der Waals surface area contributed by atoms with E-state index in [2.05, 4.69) is 25.8 Å². The summed E-state index contributed by atoms with van der Waals surface area (Å²) < 4.78 is 0. The molecule has 1 nitrogen and oxygen atoms in total. The topological polar surface area (TPSA) is 12.4 Å². The van der Waals surface area contributed by atoms with E-state index in [1.807, 2.05) is 13.3 Å². The van der Waals surface area contributed by atoms with Gasteiger partial charge in [0.05, 0.1) is 0 Å². The summed E-state index contributed by atoms with van der Waals surface area (Å²) in [6.07, 6.45) is 4.31. The SMILES string of the molecule is CCCC(C=NC)=C(C)C. The van der Waals surface area contributed by atoms with E-state index in [1.54, 1.807) is 0 Å². The van der Waals surface area contributed by atoms with E-state index in [9.17, 15) is 0 Å². The lowest BCUT2D eigenvalue weighted by Crippen LogP contribution is -1.87. The van der Waals surface area contributed by atoms with Gasteiger partial charge in [-0.3, -0.25) is 4.99 Å².